The van der Waals surface area contributed by atoms with Crippen molar-refractivity contribution in [1.29, 1.82) is 0 Å². The van der Waals surface area contributed by atoms with Gasteiger partial charge in [0.2, 0.25) is 0 Å². The Hall–Kier alpha value is -0.650. The van der Waals surface area contributed by atoms with Gasteiger partial charge in [0.15, 0.2) is 0 Å². The lowest BCUT2D eigenvalue weighted by Crippen LogP contribution is -2.52. The highest BCUT2D eigenvalue weighted by molar-refractivity contribution is 5.78. The molecule has 0 heterocycles. The zero-order valence-electron chi connectivity index (χ0n) is 12.9. The molecular weight excluding hydrogens is 244 g/mol. The van der Waals surface area contributed by atoms with Gasteiger partial charge in [-0.05, 0) is 45.8 Å². The topological polar surface area (TPSA) is 61.8 Å². The zero-order valence-corrected chi connectivity index (χ0v) is 12.9. The van der Waals surface area contributed by atoms with E-state index in [1.165, 1.54) is 0 Å². The van der Waals surface area contributed by atoms with Crippen molar-refractivity contribution in [2.45, 2.75) is 45.1 Å². The summed E-state index contributed by atoms with van der Waals surface area (Å²) in [6.07, 6.45) is 3.10. The van der Waals surface area contributed by atoms with Crippen LogP contribution in [0, 0.1) is 0 Å². The molecule has 2 N–H and O–H groups in total. The normalized spacial score (nSPS) is 14.6. The summed E-state index contributed by atoms with van der Waals surface area (Å²) in [4.78, 5) is 13.7. The van der Waals surface area contributed by atoms with Gasteiger partial charge >= 0.3 is 5.97 Å². The molecule has 0 amide bonds. The molecule has 1 unspecified atom stereocenters. The lowest BCUT2D eigenvalue weighted by Gasteiger charge is -2.30. The highest BCUT2D eigenvalue weighted by atomic mass is 16.5. The Morgan fingerprint density at radius 1 is 1.37 bits per heavy atom. The number of nitrogens with one attached hydrogen (secondary N) is 1. The summed E-state index contributed by atoms with van der Waals surface area (Å²) in [6.45, 7) is 7.22. The van der Waals surface area contributed by atoms with Gasteiger partial charge in [-0.25, -0.2) is 0 Å². The Morgan fingerprint density at radius 2 is 2.05 bits per heavy atom. The molecular formula is C14H30N2O3. The molecule has 5 heteroatoms. The van der Waals surface area contributed by atoms with Crippen molar-refractivity contribution in [1.82, 2.24) is 10.2 Å². The van der Waals surface area contributed by atoms with Crippen molar-refractivity contribution in [2.75, 3.05) is 40.4 Å². The molecule has 0 fully saturated rings. The number of aliphatic carboxylic acids is 1. The number of nitrogens with zero attached hydrogens (tertiary/aromatic N) is 1. The summed E-state index contributed by atoms with van der Waals surface area (Å²) in [7, 11) is 3.72. The fraction of sp³-hybridized carbons (Fsp3) is 0.929. The van der Waals surface area contributed by atoms with Crippen LogP contribution in [0.1, 0.15) is 39.5 Å². The molecule has 1 atom stereocenters. The maximum Gasteiger partial charge on any atom is 0.323 e. The second-order valence-electron chi connectivity index (χ2n) is 5.07. The number of rotatable bonds is 12. The van der Waals surface area contributed by atoms with Crippen molar-refractivity contribution in [3.63, 3.8) is 0 Å². The molecule has 0 aliphatic heterocycles. The third kappa shape index (κ3) is 6.89. The van der Waals surface area contributed by atoms with Crippen molar-refractivity contribution >= 4 is 5.97 Å². The molecule has 19 heavy (non-hydrogen) atoms. The molecule has 114 valence electrons. The first kappa shape index (κ1) is 18.4. The van der Waals surface area contributed by atoms with Gasteiger partial charge < -0.3 is 20.1 Å². The van der Waals surface area contributed by atoms with Gasteiger partial charge in [0.05, 0.1) is 6.61 Å². The van der Waals surface area contributed by atoms with E-state index in [1.54, 1.807) is 7.11 Å². The van der Waals surface area contributed by atoms with Crippen LogP contribution in [0.4, 0.5) is 0 Å². The fourth-order valence-electron chi connectivity index (χ4n) is 2.10. The predicted octanol–water partition coefficient (Wildman–Crippen LogP) is 1.58. The fourth-order valence-corrected chi connectivity index (χ4v) is 2.10. The van der Waals surface area contributed by atoms with Crippen LogP contribution >= 0.6 is 0 Å². The lowest BCUT2D eigenvalue weighted by molar-refractivity contribution is -0.145. The highest BCUT2D eigenvalue weighted by Crippen LogP contribution is 2.18. The van der Waals surface area contributed by atoms with Crippen molar-refractivity contribution in [3.8, 4) is 0 Å². The smallest absolute Gasteiger partial charge is 0.323 e. The Labute approximate surface area is 117 Å². The maximum absolute atomic E-state index is 11.5. The minimum atomic E-state index is -0.766. The van der Waals surface area contributed by atoms with Gasteiger partial charge in [0.1, 0.15) is 5.54 Å². The van der Waals surface area contributed by atoms with E-state index < -0.39 is 11.5 Å². The summed E-state index contributed by atoms with van der Waals surface area (Å²) < 4.78 is 5.02. The number of carboxylic acids is 1. The van der Waals surface area contributed by atoms with E-state index in [1.807, 2.05) is 20.9 Å². The largest absolute Gasteiger partial charge is 0.480 e. The molecule has 0 aliphatic rings. The monoisotopic (exact) mass is 274 g/mol. The molecule has 0 saturated carbocycles. The highest BCUT2D eigenvalue weighted by Gasteiger charge is 2.35. The van der Waals surface area contributed by atoms with Gasteiger partial charge in [0.25, 0.3) is 0 Å². The molecule has 0 aromatic rings. The minimum Gasteiger partial charge on any atom is -0.480 e. The van der Waals surface area contributed by atoms with E-state index in [9.17, 15) is 9.90 Å². The molecule has 0 radical (unpaired) electrons. The molecule has 5 nitrogen and oxygen atoms in total. The SMILES string of the molecule is CCCNC(CC)(CCCN(C)CCOC)C(=O)O. The van der Waals surface area contributed by atoms with E-state index >= 15 is 0 Å². The summed E-state index contributed by atoms with van der Waals surface area (Å²) in [5.74, 6) is -0.733. The van der Waals surface area contributed by atoms with Crippen LogP contribution < -0.4 is 5.32 Å². The zero-order chi connectivity index (χ0) is 14.7. The van der Waals surface area contributed by atoms with Crippen LogP contribution in [0.3, 0.4) is 0 Å². The lowest BCUT2D eigenvalue weighted by atomic mass is 9.90. The standard InChI is InChI=1S/C14H30N2O3/c1-5-9-15-14(6-2,13(17)18)8-7-10-16(3)11-12-19-4/h15H,5-12H2,1-4H3,(H,17,18). The van der Waals surface area contributed by atoms with Gasteiger partial charge in [-0.2, -0.15) is 0 Å². The molecule has 0 bridgehead atoms. The van der Waals surface area contributed by atoms with Gasteiger partial charge in [0, 0.05) is 13.7 Å². The number of hydrogen-bond donors (Lipinski definition) is 2. The van der Waals surface area contributed by atoms with Crippen molar-refractivity contribution in [2.24, 2.45) is 0 Å². The summed E-state index contributed by atoms with van der Waals surface area (Å²) in [6, 6.07) is 0. The second-order valence-corrected chi connectivity index (χ2v) is 5.07. The summed E-state index contributed by atoms with van der Waals surface area (Å²) in [5.41, 5.74) is -0.766. The van der Waals surface area contributed by atoms with E-state index in [2.05, 4.69) is 10.2 Å². The number of carbonyl (C=O) groups is 1. The Morgan fingerprint density at radius 3 is 2.53 bits per heavy atom. The summed E-state index contributed by atoms with van der Waals surface area (Å²) >= 11 is 0. The average Bonchev–Trinajstić information content (AvgIpc) is 2.40. The van der Waals surface area contributed by atoms with E-state index in [0.29, 0.717) is 19.4 Å². The van der Waals surface area contributed by atoms with Gasteiger partial charge in [-0.3, -0.25) is 4.79 Å². The van der Waals surface area contributed by atoms with Crippen LogP contribution in [0.15, 0.2) is 0 Å². The molecule has 0 aromatic heterocycles. The number of ether oxygens (including phenoxy) is 1. The van der Waals surface area contributed by atoms with E-state index in [4.69, 9.17) is 4.74 Å². The molecule has 0 rings (SSSR count). The number of likely N-dealkylation sites (N-methyl/N-ethyl adjacent to an activating group) is 1. The first-order valence-corrected chi connectivity index (χ1v) is 7.18. The Balaban J connectivity index is 4.22. The first-order valence-electron chi connectivity index (χ1n) is 7.18. The number of methoxy groups -OCH3 is 1. The van der Waals surface area contributed by atoms with Crippen LogP contribution in [0.5, 0.6) is 0 Å². The molecule has 0 saturated heterocycles. The quantitative estimate of drug-likeness (QED) is 0.566. The maximum atomic E-state index is 11.5. The van der Waals surface area contributed by atoms with Gasteiger partial charge in [-0.15, -0.1) is 0 Å². The van der Waals surface area contributed by atoms with Gasteiger partial charge in [-0.1, -0.05) is 13.8 Å². The first-order chi connectivity index (χ1) is 9.02. The molecule has 0 aromatic carbocycles. The average molecular weight is 274 g/mol. The van der Waals surface area contributed by atoms with Crippen molar-refractivity contribution in [3.05, 3.63) is 0 Å². The Bertz CT molecular complexity index is 249. The van der Waals surface area contributed by atoms with E-state index in [0.717, 1.165) is 32.5 Å². The minimum absolute atomic E-state index is 0.615. The van der Waals surface area contributed by atoms with Crippen LogP contribution in [0.2, 0.25) is 0 Å². The Kier molecular flexibility index (Phi) is 9.83. The number of carboxylic acid groups (broad SMARTS) is 1. The third-order valence-corrected chi connectivity index (χ3v) is 3.55. The van der Waals surface area contributed by atoms with Crippen LogP contribution in [0.25, 0.3) is 0 Å². The number of hydrogen-bond acceptors (Lipinski definition) is 4. The second kappa shape index (κ2) is 10.2. The molecule has 0 spiro atoms. The van der Waals surface area contributed by atoms with E-state index in [-0.39, 0.29) is 0 Å². The van der Waals surface area contributed by atoms with Crippen LogP contribution in [-0.2, 0) is 9.53 Å². The third-order valence-electron chi connectivity index (χ3n) is 3.55. The van der Waals surface area contributed by atoms with Crippen LogP contribution in [-0.4, -0.2) is 61.9 Å². The molecule has 0 aliphatic carbocycles. The summed E-state index contributed by atoms with van der Waals surface area (Å²) in [5, 5.41) is 12.7. The van der Waals surface area contributed by atoms with Crippen molar-refractivity contribution < 1.29 is 14.6 Å². The predicted molar refractivity (Wildman–Crippen MR) is 77.6 cm³/mol.